The molecule has 2 fully saturated rings. The third-order valence-corrected chi connectivity index (χ3v) is 5.49. The number of amides is 1. The molecule has 2 aliphatic rings. The minimum absolute atomic E-state index is 0.0255. The molecule has 4 rings (SSSR count). The summed E-state index contributed by atoms with van der Waals surface area (Å²) in [6, 6.07) is 8.48. The molecule has 6 nitrogen and oxygen atoms in total. The van der Waals surface area contributed by atoms with Crippen molar-refractivity contribution in [3.63, 3.8) is 0 Å². The number of rotatable bonds is 3. The summed E-state index contributed by atoms with van der Waals surface area (Å²) in [6.45, 7) is 0. The summed E-state index contributed by atoms with van der Waals surface area (Å²) < 4.78 is 0. The fourth-order valence-corrected chi connectivity index (χ4v) is 4.21. The Balaban J connectivity index is 1.53. The molecule has 24 heavy (non-hydrogen) atoms. The van der Waals surface area contributed by atoms with E-state index in [9.17, 15) is 14.4 Å². The smallest absolute Gasteiger partial charge is 0.306 e. The second kappa shape index (κ2) is 5.47. The Labute approximate surface area is 137 Å². The van der Waals surface area contributed by atoms with E-state index in [4.69, 9.17) is 5.11 Å². The highest BCUT2D eigenvalue weighted by atomic mass is 16.4. The van der Waals surface area contributed by atoms with Crippen LogP contribution < -0.4 is 10.9 Å². The van der Waals surface area contributed by atoms with Gasteiger partial charge < -0.3 is 15.4 Å². The average molecular weight is 326 g/mol. The van der Waals surface area contributed by atoms with Crippen LogP contribution in [0.1, 0.15) is 29.6 Å². The van der Waals surface area contributed by atoms with Gasteiger partial charge in [0.15, 0.2) is 0 Å². The first-order valence-corrected chi connectivity index (χ1v) is 8.18. The van der Waals surface area contributed by atoms with Crippen LogP contribution in [0.2, 0.25) is 0 Å². The van der Waals surface area contributed by atoms with Gasteiger partial charge in [0, 0.05) is 12.1 Å². The highest BCUT2D eigenvalue weighted by Gasteiger charge is 2.49. The van der Waals surface area contributed by atoms with E-state index >= 15 is 0 Å². The topological polar surface area (TPSA) is 99.3 Å². The standard InChI is InChI=1S/C18H18N2O4/c21-15-5-4-9-2-1-3-12(16(9)20-15)17(22)19-14-8-10-6-11(18(23)24)7-13(10)14/h1-5,10-11,13-14H,6-8H2,(H,19,22)(H,20,21)(H,23,24)/t10-,11?,13-,14+/m1/s1. The fraction of sp³-hybridized carbons (Fsp3) is 0.389. The van der Waals surface area contributed by atoms with Crippen LogP contribution >= 0.6 is 0 Å². The number of hydrogen-bond donors (Lipinski definition) is 3. The third-order valence-electron chi connectivity index (χ3n) is 5.49. The first-order valence-electron chi connectivity index (χ1n) is 8.18. The minimum Gasteiger partial charge on any atom is -0.481 e. The van der Waals surface area contributed by atoms with Gasteiger partial charge in [0.1, 0.15) is 0 Å². The molecule has 6 heteroatoms. The Bertz CT molecular complexity index is 888. The van der Waals surface area contributed by atoms with Crippen LogP contribution in [0.15, 0.2) is 35.1 Å². The highest BCUT2D eigenvalue weighted by Crippen LogP contribution is 2.49. The number of aliphatic carboxylic acids is 1. The van der Waals surface area contributed by atoms with Gasteiger partial charge in [-0.2, -0.15) is 0 Å². The van der Waals surface area contributed by atoms with Crippen molar-refractivity contribution in [3.05, 3.63) is 46.2 Å². The molecule has 1 aromatic heterocycles. The van der Waals surface area contributed by atoms with Crippen LogP contribution in [-0.4, -0.2) is 28.0 Å². The predicted molar refractivity (Wildman–Crippen MR) is 87.8 cm³/mol. The van der Waals surface area contributed by atoms with Crippen molar-refractivity contribution in [2.75, 3.05) is 0 Å². The number of carbonyl (C=O) groups is 2. The number of aromatic nitrogens is 1. The van der Waals surface area contributed by atoms with Gasteiger partial charge in [-0.15, -0.1) is 0 Å². The maximum Gasteiger partial charge on any atom is 0.306 e. The van der Waals surface area contributed by atoms with E-state index in [1.54, 1.807) is 18.2 Å². The number of benzene rings is 1. The van der Waals surface area contributed by atoms with E-state index in [0.29, 0.717) is 29.8 Å². The van der Waals surface area contributed by atoms with Crippen molar-refractivity contribution in [2.24, 2.45) is 17.8 Å². The third kappa shape index (κ3) is 2.38. The molecule has 1 unspecified atom stereocenters. The molecule has 124 valence electrons. The number of fused-ring (bicyclic) bond motifs is 2. The van der Waals surface area contributed by atoms with Gasteiger partial charge in [-0.25, -0.2) is 0 Å². The lowest BCUT2D eigenvalue weighted by Crippen LogP contribution is -2.50. The number of aromatic amines is 1. The molecule has 0 aliphatic heterocycles. The number of H-pyrrole nitrogens is 1. The number of hydrogen-bond acceptors (Lipinski definition) is 3. The van der Waals surface area contributed by atoms with Crippen molar-refractivity contribution >= 4 is 22.8 Å². The van der Waals surface area contributed by atoms with E-state index < -0.39 is 5.97 Å². The molecule has 3 N–H and O–H groups in total. The van der Waals surface area contributed by atoms with Crippen LogP contribution in [0, 0.1) is 17.8 Å². The predicted octanol–water partition coefficient (Wildman–Crippen LogP) is 1.76. The highest BCUT2D eigenvalue weighted by molar-refractivity contribution is 6.05. The van der Waals surface area contributed by atoms with Gasteiger partial charge in [0.05, 0.1) is 17.0 Å². The monoisotopic (exact) mass is 326 g/mol. The number of para-hydroxylation sites is 1. The second-order valence-corrected chi connectivity index (χ2v) is 6.84. The molecular formula is C18H18N2O4. The van der Waals surface area contributed by atoms with Crippen LogP contribution in [-0.2, 0) is 4.79 Å². The Morgan fingerprint density at radius 2 is 1.96 bits per heavy atom. The molecule has 0 radical (unpaired) electrons. The quantitative estimate of drug-likeness (QED) is 0.800. The van der Waals surface area contributed by atoms with E-state index in [1.807, 2.05) is 6.07 Å². The van der Waals surface area contributed by atoms with Gasteiger partial charge in [-0.1, -0.05) is 12.1 Å². The molecule has 2 aliphatic carbocycles. The molecule has 1 heterocycles. The summed E-state index contributed by atoms with van der Waals surface area (Å²) in [7, 11) is 0. The summed E-state index contributed by atoms with van der Waals surface area (Å²) in [5.74, 6) is -0.575. The lowest BCUT2D eigenvalue weighted by Gasteiger charge is -2.40. The van der Waals surface area contributed by atoms with E-state index in [0.717, 1.165) is 11.8 Å². The molecule has 0 bridgehead atoms. The SMILES string of the molecule is O=C(N[C@H]1C[C@H]2CC(C(=O)O)C[C@H]21)c1cccc2ccc(=O)[nH]c12. The number of nitrogens with one attached hydrogen (secondary N) is 2. The number of carboxylic acids is 1. The van der Waals surface area contributed by atoms with Gasteiger partial charge in [-0.05, 0) is 48.6 Å². The molecule has 0 spiro atoms. The maximum absolute atomic E-state index is 12.6. The lowest BCUT2D eigenvalue weighted by atomic mass is 9.71. The summed E-state index contributed by atoms with van der Waals surface area (Å²) >= 11 is 0. The zero-order valence-corrected chi connectivity index (χ0v) is 13.0. The molecule has 0 saturated heterocycles. The van der Waals surface area contributed by atoms with Crippen LogP contribution in [0.4, 0.5) is 0 Å². The van der Waals surface area contributed by atoms with Gasteiger partial charge >= 0.3 is 5.97 Å². The van der Waals surface area contributed by atoms with Crippen LogP contribution in [0.5, 0.6) is 0 Å². The van der Waals surface area contributed by atoms with Crippen LogP contribution in [0.3, 0.4) is 0 Å². The molecule has 4 atom stereocenters. The van der Waals surface area contributed by atoms with E-state index in [-0.39, 0.29) is 29.3 Å². The Morgan fingerprint density at radius 1 is 1.12 bits per heavy atom. The second-order valence-electron chi connectivity index (χ2n) is 6.84. The molecular weight excluding hydrogens is 308 g/mol. The summed E-state index contributed by atoms with van der Waals surface area (Å²) in [5.41, 5.74) is 0.737. The Hall–Kier alpha value is -2.63. The summed E-state index contributed by atoms with van der Waals surface area (Å²) in [6.07, 6.45) is 2.19. The van der Waals surface area contributed by atoms with Gasteiger partial charge in [0.25, 0.3) is 5.91 Å². The van der Waals surface area contributed by atoms with Crippen molar-refractivity contribution in [1.29, 1.82) is 0 Å². The van der Waals surface area contributed by atoms with Crippen molar-refractivity contribution in [1.82, 2.24) is 10.3 Å². The van der Waals surface area contributed by atoms with Gasteiger partial charge in [-0.3, -0.25) is 14.4 Å². The summed E-state index contributed by atoms with van der Waals surface area (Å²) in [4.78, 5) is 38.0. The van der Waals surface area contributed by atoms with Gasteiger partial charge in [0.2, 0.25) is 5.56 Å². The molecule has 1 amide bonds. The zero-order valence-electron chi connectivity index (χ0n) is 13.0. The summed E-state index contributed by atoms with van der Waals surface area (Å²) in [5, 5.41) is 13.0. The van der Waals surface area contributed by atoms with Crippen molar-refractivity contribution in [3.8, 4) is 0 Å². The Kier molecular flexibility index (Phi) is 3.40. The minimum atomic E-state index is -0.735. The largest absolute Gasteiger partial charge is 0.481 e. The number of carbonyl (C=O) groups excluding carboxylic acids is 1. The van der Waals surface area contributed by atoms with Crippen molar-refractivity contribution in [2.45, 2.75) is 25.3 Å². The molecule has 2 saturated carbocycles. The molecule has 1 aromatic carbocycles. The first kappa shape index (κ1) is 14.9. The normalized spacial score (nSPS) is 28.2. The zero-order chi connectivity index (χ0) is 16.8. The first-order chi connectivity index (χ1) is 11.5. The van der Waals surface area contributed by atoms with Crippen LogP contribution in [0.25, 0.3) is 10.9 Å². The number of pyridine rings is 1. The Morgan fingerprint density at radius 3 is 2.75 bits per heavy atom. The number of carboxylic acid groups (broad SMARTS) is 1. The molecule has 2 aromatic rings. The maximum atomic E-state index is 12.6. The van der Waals surface area contributed by atoms with E-state index in [2.05, 4.69) is 10.3 Å². The fourth-order valence-electron chi connectivity index (χ4n) is 4.21. The van der Waals surface area contributed by atoms with Crippen molar-refractivity contribution < 1.29 is 14.7 Å². The lowest BCUT2D eigenvalue weighted by molar-refractivity contribution is -0.141. The van der Waals surface area contributed by atoms with E-state index in [1.165, 1.54) is 6.07 Å². The average Bonchev–Trinajstić information content (AvgIpc) is 2.89.